The lowest BCUT2D eigenvalue weighted by Crippen LogP contribution is -2.56. The zero-order chi connectivity index (χ0) is 24.8. The predicted molar refractivity (Wildman–Crippen MR) is 130 cm³/mol. The monoisotopic (exact) mass is 468 g/mol. The van der Waals surface area contributed by atoms with Gasteiger partial charge in [-0.3, -0.25) is 19.7 Å². The third kappa shape index (κ3) is 6.47. The van der Waals surface area contributed by atoms with Crippen LogP contribution in [0.1, 0.15) is 44.3 Å². The fraction of sp³-hybridized carbons (Fsp3) is 0.500. The van der Waals surface area contributed by atoms with E-state index < -0.39 is 18.1 Å². The topological polar surface area (TPSA) is 94.9 Å². The normalized spacial score (nSPS) is 23.0. The second kappa shape index (κ2) is 11.3. The number of fused-ring (bicyclic) bond motifs is 2. The summed E-state index contributed by atoms with van der Waals surface area (Å²) in [6.07, 6.45) is 0.988. The highest BCUT2D eigenvalue weighted by atomic mass is 16.3. The number of rotatable bonds is 4. The van der Waals surface area contributed by atoms with Crippen LogP contribution < -0.4 is 10.6 Å². The lowest BCUT2D eigenvalue weighted by Gasteiger charge is -2.33. The van der Waals surface area contributed by atoms with Crippen LogP contribution in [-0.2, 0) is 33.9 Å². The molecule has 3 atom stereocenters. The standard InChI is InChI=1S/C26H36N4O4/c1-17(2)13-23-26(33)29(4)16-21-12-11-20(34-21)15-27-22(14-19-9-7-6-8-10-19)24(31)28-18(3)25(32)30(23)5/h6-12,17-18,22-23,27H,13-16H2,1-5H3,(H,28,31)/t18-,22-,23-/m0/s1. The maximum atomic E-state index is 13.3. The Morgan fingerprint density at radius 3 is 2.35 bits per heavy atom. The Bertz CT molecular complexity index is 988. The summed E-state index contributed by atoms with van der Waals surface area (Å²) in [6.45, 7) is 6.35. The number of furan rings is 1. The maximum Gasteiger partial charge on any atom is 0.245 e. The maximum absolute atomic E-state index is 13.3. The molecule has 2 aromatic rings. The highest BCUT2D eigenvalue weighted by Crippen LogP contribution is 2.17. The van der Waals surface area contributed by atoms with E-state index in [1.165, 1.54) is 4.90 Å². The first-order valence-electron chi connectivity index (χ1n) is 11.8. The van der Waals surface area contributed by atoms with Crippen molar-refractivity contribution in [2.24, 2.45) is 5.92 Å². The van der Waals surface area contributed by atoms with Crippen LogP contribution in [0.2, 0.25) is 0 Å². The zero-order valence-corrected chi connectivity index (χ0v) is 20.7. The fourth-order valence-corrected chi connectivity index (χ4v) is 4.21. The van der Waals surface area contributed by atoms with E-state index >= 15 is 0 Å². The van der Waals surface area contributed by atoms with Gasteiger partial charge in [0.25, 0.3) is 0 Å². The van der Waals surface area contributed by atoms with E-state index in [0.29, 0.717) is 37.5 Å². The highest BCUT2D eigenvalue weighted by Gasteiger charge is 2.33. The van der Waals surface area contributed by atoms with Crippen LogP contribution in [0.4, 0.5) is 0 Å². The molecular weight excluding hydrogens is 432 g/mol. The average molecular weight is 469 g/mol. The summed E-state index contributed by atoms with van der Waals surface area (Å²) in [5.74, 6) is 0.807. The molecule has 3 amide bonds. The summed E-state index contributed by atoms with van der Waals surface area (Å²) < 4.78 is 5.93. The van der Waals surface area contributed by atoms with Crippen LogP contribution in [0.3, 0.4) is 0 Å². The first-order valence-corrected chi connectivity index (χ1v) is 11.8. The van der Waals surface area contributed by atoms with E-state index in [2.05, 4.69) is 10.6 Å². The second-order valence-corrected chi connectivity index (χ2v) is 9.51. The third-order valence-corrected chi connectivity index (χ3v) is 6.13. The van der Waals surface area contributed by atoms with Crippen molar-refractivity contribution in [3.8, 4) is 0 Å². The van der Waals surface area contributed by atoms with Crippen molar-refractivity contribution in [1.82, 2.24) is 20.4 Å². The van der Waals surface area contributed by atoms with Gasteiger partial charge < -0.3 is 19.5 Å². The minimum atomic E-state index is -0.773. The van der Waals surface area contributed by atoms with E-state index in [9.17, 15) is 14.4 Å². The SMILES string of the molecule is CC(C)C[C@H]1C(=O)N(C)Cc2ccc(o2)CN[C@@H](Cc2ccccc2)C(=O)N[C@@H](C)C(=O)N1C. The number of benzene rings is 1. The number of nitrogens with one attached hydrogen (secondary N) is 2. The summed E-state index contributed by atoms with van der Waals surface area (Å²) in [7, 11) is 3.35. The first-order chi connectivity index (χ1) is 16.2. The Morgan fingerprint density at radius 2 is 1.68 bits per heavy atom. The van der Waals surface area contributed by atoms with Gasteiger partial charge in [-0.15, -0.1) is 0 Å². The van der Waals surface area contributed by atoms with Crippen molar-refractivity contribution in [2.75, 3.05) is 14.1 Å². The average Bonchev–Trinajstić information content (AvgIpc) is 3.25. The first kappa shape index (κ1) is 25.5. The van der Waals surface area contributed by atoms with E-state index in [0.717, 1.165) is 5.56 Å². The minimum absolute atomic E-state index is 0.157. The van der Waals surface area contributed by atoms with Gasteiger partial charge in [0.2, 0.25) is 17.7 Å². The van der Waals surface area contributed by atoms with Crippen LogP contribution in [0, 0.1) is 5.92 Å². The van der Waals surface area contributed by atoms with E-state index in [1.807, 2.05) is 56.3 Å². The molecule has 1 aromatic carbocycles. The van der Waals surface area contributed by atoms with Crippen LogP contribution in [0.15, 0.2) is 46.9 Å². The molecule has 0 radical (unpaired) electrons. The van der Waals surface area contributed by atoms with Crippen LogP contribution in [-0.4, -0.2) is 59.7 Å². The Kier molecular flexibility index (Phi) is 8.50. The van der Waals surface area contributed by atoms with Crippen molar-refractivity contribution in [1.29, 1.82) is 0 Å². The van der Waals surface area contributed by atoms with Gasteiger partial charge >= 0.3 is 0 Å². The molecule has 3 rings (SSSR count). The Morgan fingerprint density at radius 1 is 1.00 bits per heavy atom. The molecule has 0 fully saturated rings. The fourth-order valence-electron chi connectivity index (χ4n) is 4.21. The zero-order valence-electron chi connectivity index (χ0n) is 20.7. The molecule has 184 valence electrons. The van der Waals surface area contributed by atoms with Gasteiger partial charge in [0.1, 0.15) is 23.6 Å². The molecule has 2 N–H and O–H groups in total. The molecule has 2 heterocycles. The van der Waals surface area contributed by atoms with Crippen LogP contribution >= 0.6 is 0 Å². The summed E-state index contributed by atoms with van der Waals surface area (Å²) in [5.41, 5.74) is 1.01. The summed E-state index contributed by atoms with van der Waals surface area (Å²) in [5, 5.41) is 6.12. The van der Waals surface area contributed by atoms with Gasteiger partial charge in [-0.05, 0) is 43.4 Å². The van der Waals surface area contributed by atoms with Crippen molar-refractivity contribution in [3.63, 3.8) is 0 Å². The Hall–Kier alpha value is -3.13. The van der Waals surface area contributed by atoms with E-state index in [1.54, 1.807) is 25.9 Å². The Balaban J connectivity index is 1.91. The summed E-state index contributed by atoms with van der Waals surface area (Å²) in [4.78, 5) is 42.8. The lowest BCUT2D eigenvalue weighted by molar-refractivity contribution is -0.146. The molecular formula is C26H36N4O4. The highest BCUT2D eigenvalue weighted by molar-refractivity contribution is 5.92. The molecule has 0 saturated carbocycles. The Labute approximate surface area is 201 Å². The van der Waals surface area contributed by atoms with Gasteiger partial charge in [0.15, 0.2) is 0 Å². The number of carbonyl (C=O) groups is 3. The van der Waals surface area contributed by atoms with E-state index in [-0.39, 0.29) is 23.6 Å². The molecule has 0 aliphatic carbocycles. The number of nitrogens with zero attached hydrogens (tertiary/aromatic N) is 2. The smallest absolute Gasteiger partial charge is 0.245 e. The van der Waals surface area contributed by atoms with Crippen LogP contribution in [0.5, 0.6) is 0 Å². The minimum Gasteiger partial charge on any atom is -0.463 e. The van der Waals surface area contributed by atoms with Crippen molar-refractivity contribution in [3.05, 3.63) is 59.5 Å². The molecule has 1 aromatic heterocycles. The van der Waals surface area contributed by atoms with Gasteiger partial charge in [-0.1, -0.05) is 44.2 Å². The number of likely N-dealkylation sites (N-methyl/N-ethyl adjacent to an activating group) is 2. The van der Waals surface area contributed by atoms with Crippen molar-refractivity contribution < 1.29 is 18.8 Å². The van der Waals surface area contributed by atoms with Gasteiger partial charge in [0, 0.05) is 14.1 Å². The number of amides is 3. The van der Waals surface area contributed by atoms with E-state index in [4.69, 9.17) is 4.42 Å². The molecule has 8 nitrogen and oxygen atoms in total. The van der Waals surface area contributed by atoms with Gasteiger partial charge in [-0.2, -0.15) is 0 Å². The number of carbonyl (C=O) groups excluding carboxylic acids is 3. The van der Waals surface area contributed by atoms with Crippen molar-refractivity contribution >= 4 is 17.7 Å². The number of hydrogen-bond donors (Lipinski definition) is 2. The largest absolute Gasteiger partial charge is 0.463 e. The quantitative estimate of drug-likeness (QED) is 0.718. The van der Waals surface area contributed by atoms with Crippen molar-refractivity contribution in [2.45, 2.75) is 64.8 Å². The molecule has 0 unspecified atom stereocenters. The molecule has 2 bridgehead atoms. The van der Waals surface area contributed by atoms with Gasteiger partial charge in [0.05, 0.1) is 19.1 Å². The van der Waals surface area contributed by atoms with Crippen LogP contribution in [0.25, 0.3) is 0 Å². The molecule has 0 saturated heterocycles. The molecule has 1 aliphatic rings. The predicted octanol–water partition coefficient (Wildman–Crippen LogP) is 2.33. The third-order valence-electron chi connectivity index (χ3n) is 6.13. The molecule has 1 aliphatic heterocycles. The number of hydrogen-bond acceptors (Lipinski definition) is 5. The second-order valence-electron chi connectivity index (χ2n) is 9.51. The molecule has 34 heavy (non-hydrogen) atoms. The summed E-state index contributed by atoms with van der Waals surface area (Å²) >= 11 is 0. The lowest BCUT2D eigenvalue weighted by atomic mass is 10.0. The van der Waals surface area contributed by atoms with Gasteiger partial charge in [-0.25, -0.2) is 0 Å². The molecule has 8 heteroatoms. The summed E-state index contributed by atoms with van der Waals surface area (Å²) in [6, 6.07) is 11.5. The molecule has 0 spiro atoms.